The van der Waals surface area contributed by atoms with Gasteiger partial charge in [0.25, 0.3) is 0 Å². The van der Waals surface area contributed by atoms with E-state index in [-0.39, 0.29) is 0 Å². The van der Waals surface area contributed by atoms with Crippen molar-refractivity contribution in [1.82, 2.24) is 0 Å². The maximum absolute atomic E-state index is 5.93. The SMILES string of the molecule is Clc1ccc(CS/C=C/C(=NSc2ccccc2)OCc2ccccc2)cc1. The Kier molecular flexibility index (Phi) is 8.56. The molecular weight excluding hydrogens is 406 g/mol. The standard InChI is InChI=1S/C23H20ClNOS2/c24-21-13-11-20(12-14-21)18-27-16-15-23(25-28-22-9-5-2-6-10-22)26-17-19-7-3-1-4-8-19/h1-16H,17-18H2/b16-15+,25-23?. The molecule has 0 saturated carbocycles. The van der Waals surface area contributed by atoms with Crippen LogP contribution in [-0.4, -0.2) is 5.90 Å². The van der Waals surface area contributed by atoms with Crippen LogP contribution >= 0.6 is 35.3 Å². The Morgan fingerprint density at radius 3 is 2.25 bits per heavy atom. The van der Waals surface area contributed by atoms with Gasteiger partial charge in [-0.3, -0.25) is 0 Å². The third-order valence-electron chi connectivity index (χ3n) is 3.68. The molecule has 3 rings (SSSR count). The van der Waals surface area contributed by atoms with Crippen molar-refractivity contribution in [3.8, 4) is 0 Å². The molecule has 5 heteroatoms. The highest BCUT2D eigenvalue weighted by Crippen LogP contribution is 2.20. The summed E-state index contributed by atoms with van der Waals surface area (Å²) in [5.74, 6) is 1.46. The molecule has 0 N–H and O–H groups in total. The average Bonchev–Trinajstić information content (AvgIpc) is 2.75. The van der Waals surface area contributed by atoms with Crippen LogP contribution in [0.1, 0.15) is 11.1 Å². The Labute approximate surface area is 179 Å². The number of hydrogen-bond acceptors (Lipinski definition) is 4. The predicted molar refractivity (Wildman–Crippen MR) is 123 cm³/mol. The third kappa shape index (κ3) is 7.47. The summed E-state index contributed by atoms with van der Waals surface area (Å²) in [7, 11) is 0. The molecule has 142 valence electrons. The second-order valence-electron chi connectivity index (χ2n) is 5.85. The Bertz CT molecular complexity index is 897. The third-order valence-corrected chi connectivity index (χ3v) is 5.52. The van der Waals surface area contributed by atoms with E-state index in [1.165, 1.54) is 17.5 Å². The Morgan fingerprint density at radius 1 is 0.857 bits per heavy atom. The van der Waals surface area contributed by atoms with Crippen LogP contribution in [0.2, 0.25) is 5.02 Å². The highest BCUT2D eigenvalue weighted by Gasteiger charge is 2.00. The van der Waals surface area contributed by atoms with Crippen molar-refractivity contribution in [2.75, 3.05) is 0 Å². The molecule has 0 radical (unpaired) electrons. The predicted octanol–water partition coefficient (Wildman–Crippen LogP) is 7.41. The van der Waals surface area contributed by atoms with Gasteiger partial charge in [0.15, 0.2) is 0 Å². The van der Waals surface area contributed by atoms with E-state index in [0.717, 1.165) is 21.2 Å². The summed E-state index contributed by atoms with van der Waals surface area (Å²) in [6.45, 7) is 0.487. The maximum Gasteiger partial charge on any atom is 0.221 e. The molecule has 2 nitrogen and oxygen atoms in total. The Morgan fingerprint density at radius 2 is 1.54 bits per heavy atom. The fourth-order valence-corrected chi connectivity index (χ4v) is 3.65. The summed E-state index contributed by atoms with van der Waals surface area (Å²) >= 11 is 9.03. The van der Waals surface area contributed by atoms with Crippen LogP contribution in [0.5, 0.6) is 0 Å². The lowest BCUT2D eigenvalue weighted by molar-refractivity contribution is 0.296. The molecule has 3 aromatic rings. The van der Waals surface area contributed by atoms with E-state index in [4.69, 9.17) is 16.3 Å². The van der Waals surface area contributed by atoms with Gasteiger partial charge >= 0.3 is 0 Å². The fraction of sp³-hybridized carbons (Fsp3) is 0.0870. The zero-order valence-corrected chi connectivity index (χ0v) is 17.6. The lowest BCUT2D eigenvalue weighted by Crippen LogP contribution is -2.01. The van der Waals surface area contributed by atoms with Crippen molar-refractivity contribution < 1.29 is 4.74 Å². The molecular formula is C23H20ClNOS2. The van der Waals surface area contributed by atoms with Crippen LogP contribution in [0, 0.1) is 0 Å². The van der Waals surface area contributed by atoms with Gasteiger partial charge in [-0.1, -0.05) is 72.3 Å². The van der Waals surface area contributed by atoms with Gasteiger partial charge in [0.05, 0.1) is 0 Å². The molecule has 0 fully saturated rings. The molecule has 0 atom stereocenters. The smallest absolute Gasteiger partial charge is 0.221 e. The van der Waals surface area contributed by atoms with E-state index in [1.54, 1.807) is 11.8 Å². The maximum atomic E-state index is 5.93. The highest BCUT2D eigenvalue weighted by molar-refractivity contribution is 8.01. The van der Waals surface area contributed by atoms with Crippen molar-refractivity contribution in [3.63, 3.8) is 0 Å². The van der Waals surface area contributed by atoms with Crippen LogP contribution in [0.15, 0.2) is 106 Å². The number of nitrogens with zero attached hydrogens (tertiary/aromatic N) is 1. The zero-order valence-electron chi connectivity index (χ0n) is 15.2. The molecule has 28 heavy (non-hydrogen) atoms. The van der Waals surface area contributed by atoms with Gasteiger partial charge < -0.3 is 4.74 Å². The molecule has 3 aromatic carbocycles. The molecule has 0 aromatic heterocycles. The van der Waals surface area contributed by atoms with Crippen molar-refractivity contribution in [2.45, 2.75) is 17.3 Å². The molecule has 0 aliphatic carbocycles. The van der Waals surface area contributed by atoms with E-state index in [9.17, 15) is 0 Å². The van der Waals surface area contributed by atoms with Crippen LogP contribution in [0.4, 0.5) is 0 Å². The lowest BCUT2D eigenvalue weighted by Gasteiger charge is -2.06. The molecule has 0 amide bonds. The quantitative estimate of drug-likeness (QED) is 0.213. The van der Waals surface area contributed by atoms with Crippen molar-refractivity contribution in [1.29, 1.82) is 0 Å². The molecule has 0 unspecified atom stereocenters. The zero-order chi connectivity index (χ0) is 19.4. The average molecular weight is 426 g/mol. The van der Waals surface area contributed by atoms with Crippen molar-refractivity contribution in [3.05, 3.63) is 113 Å². The molecule has 0 saturated heterocycles. The minimum atomic E-state index is 0.487. The first-order valence-electron chi connectivity index (χ1n) is 8.79. The number of ether oxygens (including phenoxy) is 1. The van der Waals surface area contributed by atoms with Gasteiger partial charge in [-0.15, -0.1) is 11.8 Å². The van der Waals surface area contributed by atoms with Crippen molar-refractivity contribution in [2.24, 2.45) is 4.40 Å². The number of hydrogen-bond donors (Lipinski definition) is 0. The largest absolute Gasteiger partial charge is 0.472 e. The first-order valence-corrected chi connectivity index (χ1v) is 11.0. The summed E-state index contributed by atoms with van der Waals surface area (Å²) < 4.78 is 10.5. The second-order valence-corrected chi connectivity index (χ2v) is 8.02. The number of thioether (sulfide) groups is 1. The van der Waals surface area contributed by atoms with Gasteiger partial charge in [-0.2, -0.15) is 4.40 Å². The fourth-order valence-electron chi connectivity index (χ4n) is 2.25. The van der Waals surface area contributed by atoms with Gasteiger partial charge in [-0.05, 0) is 40.8 Å². The molecule has 0 bridgehead atoms. The van der Waals surface area contributed by atoms with Crippen LogP contribution < -0.4 is 0 Å². The summed E-state index contributed by atoms with van der Waals surface area (Å²) in [5.41, 5.74) is 2.34. The Hall–Kier alpha value is -2.14. The van der Waals surface area contributed by atoms with E-state index in [1.807, 2.05) is 96.4 Å². The second kappa shape index (κ2) is 11.6. The number of benzene rings is 3. The van der Waals surface area contributed by atoms with E-state index < -0.39 is 0 Å². The van der Waals surface area contributed by atoms with E-state index in [0.29, 0.717) is 12.5 Å². The summed E-state index contributed by atoms with van der Waals surface area (Å²) in [4.78, 5) is 1.07. The van der Waals surface area contributed by atoms with E-state index >= 15 is 0 Å². The summed E-state index contributed by atoms with van der Waals surface area (Å²) in [6.07, 6.45) is 1.92. The Balaban J connectivity index is 1.59. The minimum Gasteiger partial charge on any atom is -0.472 e. The lowest BCUT2D eigenvalue weighted by atomic mass is 10.2. The molecule has 0 heterocycles. The topological polar surface area (TPSA) is 21.6 Å². The summed E-state index contributed by atoms with van der Waals surface area (Å²) in [6, 6.07) is 28.0. The molecule has 0 aliphatic heterocycles. The monoisotopic (exact) mass is 425 g/mol. The number of halogens is 1. The minimum absolute atomic E-state index is 0.487. The highest BCUT2D eigenvalue weighted by atomic mass is 35.5. The van der Waals surface area contributed by atoms with Crippen LogP contribution in [-0.2, 0) is 17.1 Å². The molecule has 0 spiro atoms. The van der Waals surface area contributed by atoms with E-state index in [2.05, 4.69) is 4.40 Å². The van der Waals surface area contributed by atoms with Gasteiger partial charge in [-0.25, -0.2) is 0 Å². The van der Waals surface area contributed by atoms with Crippen molar-refractivity contribution >= 4 is 41.2 Å². The van der Waals surface area contributed by atoms with Crippen LogP contribution in [0.25, 0.3) is 0 Å². The number of rotatable bonds is 8. The normalized spacial score (nSPS) is 11.7. The first kappa shape index (κ1) is 20.6. The summed E-state index contributed by atoms with van der Waals surface area (Å²) in [5, 5.41) is 2.77. The molecule has 0 aliphatic rings. The van der Waals surface area contributed by atoms with Crippen LogP contribution in [0.3, 0.4) is 0 Å². The first-order chi connectivity index (χ1) is 13.8. The van der Waals surface area contributed by atoms with Gasteiger partial charge in [0, 0.05) is 33.7 Å². The van der Waals surface area contributed by atoms with Gasteiger partial charge in [0.2, 0.25) is 5.90 Å². The van der Waals surface area contributed by atoms with Gasteiger partial charge in [0.1, 0.15) is 6.61 Å².